The van der Waals surface area contributed by atoms with Crippen LogP contribution in [0.2, 0.25) is 0 Å². The molecule has 0 aromatic rings. The van der Waals surface area contributed by atoms with Gasteiger partial charge in [0.05, 0.1) is 11.2 Å². The quantitative estimate of drug-likeness (QED) is 0.600. The fraction of sp³-hybridized carbons (Fsp3) is 1.00. The summed E-state index contributed by atoms with van der Waals surface area (Å²) in [6.07, 6.45) is 14.0. The molecule has 4 aliphatic rings. The van der Waals surface area contributed by atoms with Crippen molar-refractivity contribution in [3.63, 3.8) is 0 Å². The van der Waals surface area contributed by atoms with Gasteiger partial charge in [-0.25, -0.2) is 0 Å². The molecular formula is C26H46O2. The number of rotatable bonds is 4. The van der Waals surface area contributed by atoms with Crippen LogP contribution in [0.1, 0.15) is 105 Å². The van der Waals surface area contributed by atoms with Gasteiger partial charge in [0.15, 0.2) is 0 Å². The minimum atomic E-state index is -0.522. The molecule has 4 aliphatic carbocycles. The average molecular weight is 391 g/mol. The zero-order valence-corrected chi connectivity index (χ0v) is 19.2. The monoisotopic (exact) mass is 390 g/mol. The van der Waals surface area contributed by atoms with Gasteiger partial charge in [-0.15, -0.1) is 0 Å². The molecule has 2 heteroatoms. The number of fused-ring (bicyclic) bond motifs is 5. The molecule has 4 saturated carbocycles. The number of aliphatic hydroxyl groups is 2. The number of hydrogen-bond donors (Lipinski definition) is 2. The Morgan fingerprint density at radius 1 is 0.929 bits per heavy atom. The molecule has 0 amide bonds. The van der Waals surface area contributed by atoms with Crippen LogP contribution in [0.5, 0.6) is 0 Å². The first-order valence-electron chi connectivity index (χ1n) is 12.4. The highest BCUT2D eigenvalue weighted by Gasteiger charge is 2.58. The largest absolute Gasteiger partial charge is 0.390 e. The van der Waals surface area contributed by atoms with Gasteiger partial charge in [0.2, 0.25) is 0 Å². The Balaban J connectivity index is 1.45. The van der Waals surface area contributed by atoms with E-state index in [1.54, 1.807) is 0 Å². The van der Waals surface area contributed by atoms with Crippen molar-refractivity contribution in [2.45, 2.75) is 116 Å². The van der Waals surface area contributed by atoms with Crippen LogP contribution >= 0.6 is 0 Å². The molecule has 162 valence electrons. The van der Waals surface area contributed by atoms with Crippen molar-refractivity contribution in [1.82, 2.24) is 0 Å². The molecule has 0 aromatic heterocycles. The van der Waals surface area contributed by atoms with Gasteiger partial charge in [0, 0.05) is 0 Å². The highest BCUT2D eigenvalue weighted by molar-refractivity contribution is 5.07. The summed E-state index contributed by atoms with van der Waals surface area (Å²) in [5.74, 6) is 6.11. The van der Waals surface area contributed by atoms with E-state index in [0.717, 1.165) is 60.7 Å². The van der Waals surface area contributed by atoms with E-state index in [2.05, 4.69) is 20.8 Å². The van der Waals surface area contributed by atoms with E-state index < -0.39 is 11.2 Å². The normalized spacial score (nSPS) is 49.8. The molecule has 0 radical (unpaired) electrons. The first-order chi connectivity index (χ1) is 13.0. The van der Waals surface area contributed by atoms with E-state index in [4.69, 9.17) is 0 Å². The Kier molecular flexibility index (Phi) is 5.49. The van der Waals surface area contributed by atoms with Crippen LogP contribution in [0.25, 0.3) is 0 Å². The average Bonchev–Trinajstić information content (AvgIpc) is 2.95. The van der Waals surface area contributed by atoms with E-state index in [0.29, 0.717) is 5.41 Å². The molecule has 0 bridgehead atoms. The second-order valence-electron chi connectivity index (χ2n) is 12.7. The van der Waals surface area contributed by atoms with E-state index in [1.165, 1.54) is 51.4 Å². The van der Waals surface area contributed by atoms with Gasteiger partial charge in [0.25, 0.3) is 0 Å². The molecule has 4 fully saturated rings. The molecule has 0 heterocycles. The maximum Gasteiger partial charge on any atom is 0.0622 e. The fourth-order valence-corrected chi connectivity index (χ4v) is 8.84. The summed E-state index contributed by atoms with van der Waals surface area (Å²) in [4.78, 5) is 0. The van der Waals surface area contributed by atoms with Crippen LogP contribution in [-0.2, 0) is 0 Å². The van der Waals surface area contributed by atoms with Crippen molar-refractivity contribution in [3.8, 4) is 0 Å². The Morgan fingerprint density at radius 3 is 2.36 bits per heavy atom. The highest BCUT2D eigenvalue weighted by Crippen LogP contribution is 2.65. The van der Waals surface area contributed by atoms with Gasteiger partial charge >= 0.3 is 0 Å². The van der Waals surface area contributed by atoms with Crippen molar-refractivity contribution in [1.29, 1.82) is 0 Å². The van der Waals surface area contributed by atoms with Crippen LogP contribution in [0.4, 0.5) is 0 Å². The summed E-state index contributed by atoms with van der Waals surface area (Å²) in [7, 11) is 0. The van der Waals surface area contributed by atoms with E-state index in [1.807, 2.05) is 13.8 Å². The Morgan fingerprint density at radius 2 is 1.64 bits per heavy atom. The minimum absolute atomic E-state index is 0.397. The van der Waals surface area contributed by atoms with Gasteiger partial charge in [0.1, 0.15) is 0 Å². The molecular weight excluding hydrogens is 344 g/mol. The van der Waals surface area contributed by atoms with E-state index in [9.17, 15) is 10.2 Å². The Labute approximate surface area is 173 Å². The van der Waals surface area contributed by atoms with Crippen LogP contribution in [-0.4, -0.2) is 21.4 Å². The second-order valence-corrected chi connectivity index (χ2v) is 12.7. The molecule has 2 nitrogen and oxygen atoms in total. The zero-order chi connectivity index (χ0) is 20.3. The summed E-state index contributed by atoms with van der Waals surface area (Å²) < 4.78 is 0. The molecule has 28 heavy (non-hydrogen) atoms. The third-order valence-corrected chi connectivity index (χ3v) is 10.2. The van der Waals surface area contributed by atoms with Gasteiger partial charge in [-0.2, -0.15) is 0 Å². The molecule has 4 rings (SSSR count). The Hall–Kier alpha value is -0.0800. The maximum absolute atomic E-state index is 10.6. The molecule has 0 aliphatic heterocycles. The van der Waals surface area contributed by atoms with Crippen LogP contribution < -0.4 is 0 Å². The topological polar surface area (TPSA) is 40.5 Å². The smallest absolute Gasteiger partial charge is 0.0622 e. The zero-order valence-electron chi connectivity index (χ0n) is 19.2. The maximum atomic E-state index is 10.6. The molecule has 9 atom stereocenters. The highest BCUT2D eigenvalue weighted by atomic mass is 16.3. The van der Waals surface area contributed by atoms with E-state index >= 15 is 0 Å². The summed E-state index contributed by atoms with van der Waals surface area (Å²) in [5.41, 5.74) is -0.385. The lowest BCUT2D eigenvalue weighted by molar-refractivity contribution is -0.103. The molecule has 0 aromatic carbocycles. The van der Waals surface area contributed by atoms with Gasteiger partial charge in [-0.3, -0.25) is 0 Å². The molecule has 0 unspecified atom stereocenters. The third kappa shape index (κ3) is 3.82. The van der Waals surface area contributed by atoms with Crippen LogP contribution in [0.3, 0.4) is 0 Å². The summed E-state index contributed by atoms with van der Waals surface area (Å²) >= 11 is 0. The summed E-state index contributed by atoms with van der Waals surface area (Å²) in [5, 5.41) is 20.8. The van der Waals surface area contributed by atoms with Crippen molar-refractivity contribution in [2.75, 3.05) is 0 Å². The summed E-state index contributed by atoms with van der Waals surface area (Å²) in [6.45, 7) is 11.1. The Bertz CT molecular complexity index is 561. The molecule has 0 saturated heterocycles. The minimum Gasteiger partial charge on any atom is -0.390 e. The molecule has 2 N–H and O–H groups in total. The lowest BCUT2D eigenvalue weighted by Crippen LogP contribution is -2.50. The van der Waals surface area contributed by atoms with Crippen molar-refractivity contribution >= 4 is 0 Å². The SMILES string of the molecule is C[C@H](CCC(C)(C)O)[C@H]1CC[C@H]2[C@@H]3CC[C@H]4C[C@](C)(O)CC[C@@H]4[C@H]3CC[C@]12C. The van der Waals surface area contributed by atoms with Gasteiger partial charge < -0.3 is 10.2 Å². The van der Waals surface area contributed by atoms with Crippen LogP contribution in [0, 0.1) is 46.8 Å². The van der Waals surface area contributed by atoms with Gasteiger partial charge in [-0.1, -0.05) is 13.8 Å². The van der Waals surface area contributed by atoms with Crippen LogP contribution in [0.15, 0.2) is 0 Å². The lowest BCUT2D eigenvalue weighted by atomic mass is 9.48. The lowest BCUT2D eigenvalue weighted by Gasteiger charge is -2.57. The first-order valence-corrected chi connectivity index (χ1v) is 12.4. The first kappa shape index (κ1) is 21.2. The molecule has 0 spiro atoms. The predicted octanol–water partition coefficient (Wildman–Crippen LogP) is 6.19. The fourth-order valence-electron chi connectivity index (χ4n) is 8.84. The number of hydrogen-bond acceptors (Lipinski definition) is 2. The van der Waals surface area contributed by atoms with E-state index in [-0.39, 0.29) is 0 Å². The standard InChI is InChI=1S/C26H46O2/c1-17(10-13-24(2,3)27)22-8-9-23-21-7-6-18-16-25(4,28)14-11-19(18)20(21)12-15-26(22,23)5/h17-23,27-28H,6-16H2,1-5H3/t17-,18+,19+,20-,21-,22-,23+,25-,26-/m1/s1. The second kappa shape index (κ2) is 7.26. The third-order valence-electron chi connectivity index (χ3n) is 10.2. The summed E-state index contributed by atoms with van der Waals surface area (Å²) in [6, 6.07) is 0. The van der Waals surface area contributed by atoms with Crippen molar-refractivity contribution < 1.29 is 10.2 Å². The predicted molar refractivity (Wildman–Crippen MR) is 116 cm³/mol. The van der Waals surface area contributed by atoms with Crippen molar-refractivity contribution in [2.24, 2.45) is 46.8 Å². The van der Waals surface area contributed by atoms with Gasteiger partial charge in [-0.05, 0) is 138 Å². The van der Waals surface area contributed by atoms with Crippen molar-refractivity contribution in [3.05, 3.63) is 0 Å².